The van der Waals surface area contributed by atoms with Gasteiger partial charge in [-0.05, 0) is 61.4 Å². The third kappa shape index (κ3) is 4.24. The van der Waals surface area contributed by atoms with Crippen molar-refractivity contribution in [3.05, 3.63) is 93.0 Å². The molecule has 1 aromatic heterocycles. The van der Waals surface area contributed by atoms with Crippen molar-refractivity contribution < 1.29 is 29.1 Å². The molecule has 1 fully saturated rings. The van der Waals surface area contributed by atoms with E-state index in [0.29, 0.717) is 41.2 Å². The number of carbonyl (C=O) groups excluding carboxylic acids is 2. The summed E-state index contributed by atoms with van der Waals surface area (Å²) >= 11 is 1.18. The van der Waals surface area contributed by atoms with Gasteiger partial charge in [0.05, 0.1) is 33.4 Å². The van der Waals surface area contributed by atoms with E-state index >= 15 is 0 Å². The van der Waals surface area contributed by atoms with Gasteiger partial charge in [0.2, 0.25) is 0 Å². The summed E-state index contributed by atoms with van der Waals surface area (Å²) in [6.07, 6.45) is 0.610. The Kier molecular flexibility index (Phi) is 6.22. The molecule has 2 aliphatic heterocycles. The summed E-state index contributed by atoms with van der Waals surface area (Å²) in [5.41, 5.74) is 1.71. The molecule has 3 aromatic carbocycles. The summed E-state index contributed by atoms with van der Waals surface area (Å²) in [6.45, 7) is 4.28. The third-order valence-electron chi connectivity index (χ3n) is 6.88. The molecule has 2 atom stereocenters. The molecule has 3 heterocycles. The number of nitrogens with zero attached hydrogens (tertiary/aromatic N) is 3. The predicted molar refractivity (Wildman–Crippen MR) is 149 cm³/mol. The highest BCUT2D eigenvalue weighted by atomic mass is 32.1. The van der Waals surface area contributed by atoms with Gasteiger partial charge in [0, 0.05) is 24.1 Å². The molecule has 0 spiro atoms. The summed E-state index contributed by atoms with van der Waals surface area (Å²) in [7, 11) is 0. The number of rotatable bonds is 6. The first-order valence-corrected chi connectivity index (χ1v) is 13.5. The van der Waals surface area contributed by atoms with E-state index in [1.807, 2.05) is 13.8 Å². The zero-order chi connectivity index (χ0) is 28.1. The van der Waals surface area contributed by atoms with Gasteiger partial charge in [-0.25, -0.2) is 4.98 Å². The van der Waals surface area contributed by atoms with Crippen molar-refractivity contribution in [3.8, 4) is 11.5 Å². The van der Waals surface area contributed by atoms with Crippen molar-refractivity contribution in [1.29, 1.82) is 0 Å². The second-order valence-electron chi connectivity index (χ2n) is 9.54. The van der Waals surface area contributed by atoms with Crippen LogP contribution in [0.1, 0.15) is 36.6 Å². The van der Waals surface area contributed by atoms with Crippen molar-refractivity contribution in [1.82, 2.24) is 4.98 Å². The Labute approximate surface area is 232 Å². The number of aliphatic hydroxyl groups is 1. The number of anilines is 1. The summed E-state index contributed by atoms with van der Waals surface area (Å²) in [5, 5.41) is 23.3. The Balaban J connectivity index is 1.53. The number of nitro benzene ring substituents is 1. The number of amides is 1. The van der Waals surface area contributed by atoms with Gasteiger partial charge < -0.3 is 14.6 Å². The first-order valence-electron chi connectivity index (χ1n) is 12.6. The fraction of sp³-hybridized carbons (Fsp3) is 0.207. The Morgan fingerprint density at radius 1 is 1.20 bits per heavy atom. The molecule has 4 aromatic rings. The molecule has 0 unspecified atom stereocenters. The number of nitro groups is 1. The number of Topliss-reactive ketones (excluding diaryl/α,β-unsaturated/α-hetero) is 1. The number of aliphatic hydroxyl groups excluding tert-OH is 1. The Bertz CT molecular complexity index is 1740. The molecule has 1 N–H and O–H groups in total. The van der Waals surface area contributed by atoms with E-state index in [1.165, 1.54) is 34.4 Å². The Hall–Kier alpha value is -4.77. The number of benzene rings is 3. The van der Waals surface area contributed by atoms with Gasteiger partial charge in [-0.3, -0.25) is 24.6 Å². The maximum absolute atomic E-state index is 13.6. The molecule has 1 amide bonds. The molecular weight excluding hydrogens is 534 g/mol. The molecule has 6 rings (SSSR count). The third-order valence-corrected chi connectivity index (χ3v) is 7.89. The molecule has 0 bridgehead atoms. The lowest BCUT2D eigenvalue weighted by Crippen LogP contribution is -2.29. The molecule has 0 radical (unpaired) electrons. The van der Waals surface area contributed by atoms with Gasteiger partial charge in [0.1, 0.15) is 23.4 Å². The van der Waals surface area contributed by atoms with Crippen LogP contribution in [0.25, 0.3) is 16.0 Å². The molecule has 0 aliphatic carbocycles. The number of aromatic nitrogens is 1. The van der Waals surface area contributed by atoms with Crippen LogP contribution in [-0.2, 0) is 16.0 Å². The molecule has 1 saturated heterocycles. The van der Waals surface area contributed by atoms with Crippen LogP contribution in [0, 0.1) is 10.1 Å². The van der Waals surface area contributed by atoms with Crippen LogP contribution < -0.4 is 14.4 Å². The molecule has 11 heteroatoms. The van der Waals surface area contributed by atoms with E-state index in [1.54, 1.807) is 42.5 Å². The zero-order valence-electron chi connectivity index (χ0n) is 21.5. The normalized spacial score (nSPS) is 19.6. The largest absolute Gasteiger partial charge is 0.507 e. The maximum Gasteiger partial charge on any atom is 0.301 e. The number of ether oxygens (including phenoxy) is 2. The topological polar surface area (TPSA) is 132 Å². The van der Waals surface area contributed by atoms with Crippen molar-refractivity contribution in [2.45, 2.75) is 32.4 Å². The minimum absolute atomic E-state index is 0.0230. The quantitative estimate of drug-likeness (QED) is 0.107. The highest BCUT2D eigenvalue weighted by molar-refractivity contribution is 7.22. The number of carbonyl (C=O) groups is 2. The lowest BCUT2D eigenvalue weighted by atomic mass is 9.94. The maximum atomic E-state index is 13.6. The first kappa shape index (κ1) is 25.5. The van der Waals surface area contributed by atoms with Gasteiger partial charge in [0.15, 0.2) is 5.13 Å². The van der Waals surface area contributed by atoms with Crippen LogP contribution in [0.3, 0.4) is 0 Å². The lowest BCUT2D eigenvalue weighted by Gasteiger charge is -2.22. The van der Waals surface area contributed by atoms with Crippen LogP contribution >= 0.6 is 11.3 Å². The van der Waals surface area contributed by atoms with Crippen LogP contribution in [0.4, 0.5) is 10.8 Å². The second-order valence-corrected chi connectivity index (χ2v) is 10.5. The van der Waals surface area contributed by atoms with Gasteiger partial charge in [0.25, 0.3) is 11.5 Å². The average molecular weight is 558 g/mol. The number of hydrogen-bond donors (Lipinski definition) is 1. The fourth-order valence-corrected chi connectivity index (χ4v) is 6.15. The van der Waals surface area contributed by atoms with Crippen LogP contribution in [-0.4, -0.2) is 39.4 Å². The summed E-state index contributed by atoms with van der Waals surface area (Å²) < 4.78 is 12.1. The van der Waals surface area contributed by atoms with Gasteiger partial charge in [-0.2, -0.15) is 0 Å². The van der Waals surface area contributed by atoms with Crippen LogP contribution in [0.5, 0.6) is 11.5 Å². The van der Waals surface area contributed by atoms with Crippen molar-refractivity contribution >= 4 is 49.8 Å². The summed E-state index contributed by atoms with van der Waals surface area (Å²) in [6, 6.07) is 14.9. The minimum atomic E-state index is -1.14. The summed E-state index contributed by atoms with van der Waals surface area (Å²) in [5.74, 6) is -0.842. The number of fused-ring (bicyclic) bond motifs is 2. The standard InChI is InChI=1S/C29H23N3O7S/c1-3-38-20-8-9-21-23(14-20)40-29(30-21)31-25(16-5-4-6-19(13-16)32(36)37)24(27(34)28(31)35)26(33)17-7-10-22-18(12-17)11-15(2)39-22/h4-10,12-15,25,33H,3,11H2,1-2H3/b26-24+/t15-,25+/m0/s1. The van der Waals surface area contributed by atoms with Crippen molar-refractivity contribution in [2.75, 3.05) is 11.5 Å². The number of non-ortho nitro benzene ring substituents is 1. The van der Waals surface area contributed by atoms with Gasteiger partial charge >= 0.3 is 5.91 Å². The average Bonchev–Trinajstić information content (AvgIpc) is 3.60. The molecule has 0 saturated carbocycles. The number of hydrogen-bond acceptors (Lipinski definition) is 9. The fourth-order valence-electron chi connectivity index (χ4n) is 5.13. The van der Waals surface area contributed by atoms with Gasteiger partial charge in [-0.15, -0.1) is 0 Å². The van der Waals surface area contributed by atoms with Gasteiger partial charge in [-0.1, -0.05) is 23.5 Å². The first-order chi connectivity index (χ1) is 19.2. The molecule has 10 nitrogen and oxygen atoms in total. The van der Waals surface area contributed by atoms with Crippen molar-refractivity contribution in [2.24, 2.45) is 0 Å². The highest BCUT2D eigenvalue weighted by Crippen LogP contribution is 2.45. The molecule has 2 aliphatic rings. The summed E-state index contributed by atoms with van der Waals surface area (Å²) in [4.78, 5) is 43.9. The molecule has 40 heavy (non-hydrogen) atoms. The lowest BCUT2D eigenvalue weighted by molar-refractivity contribution is -0.384. The number of thiazole rings is 1. The highest BCUT2D eigenvalue weighted by Gasteiger charge is 2.48. The van der Waals surface area contributed by atoms with Crippen LogP contribution in [0.2, 0.25) is 0 Å². The van der Waals surface area contributed by atoms with Crippen molar-refractivity contribution in [3.63, 3.8) is 0 Å². The van der Waals surface area contributed by atoms with E-state index in [-0.39, 0.29) is 28.3 Å². The van der Waals surface area contributed by atoms with E-state index < -0.39 is 22.7 Å². The SMILES string of the molecule is CCOc1ccc2nc(N3C(=O)C(=O)/C(=C(/O)c4ccc5c(c4)C[C@H](C)O5)[C@H]3c3cccc([N+](=O)[O-])c3)sc2c1. The van der Waals surface area contributed by atoms with E-state index in [4.69, 9.17) is 9.47 Å². The van der Waals surface area contributed by atoms with E-state index in [2.05, 4.69) is 4.98 Å². The molecular formula is C29H23N3O7S. The zero-order valence-corrected chi connectivity index (χ0v) is 22.3. The molecule has 202 valence electrons. The Morgan fingerprint density at radius 2 is 2.02 bits per heavy atom. The number of ketones is 1. The van der Waals surface area contributed by atoms with Crippen LogP contribution in [0.15, 0.2) is 66.2 Å². The van der Waals surface area contributed by atoms with E-state index in [0.717, 1.165) is 10.3 Å². The predicted octanol–water partition coefficient (Wildman–Crippen LogP) is 5.55. The second kappa shape index (κ2) is 9.76. The smallest absolute Gasteiger partial charge is 0.301 e. The van der Waals surface area contributed by atoms with E-state index in [9.17, 15) is 24.8 Å². The minimum Gasteiger partial charge on any atom is -0.507 e. The monoisotopic (exact) mass is 557 g/mol. The Morgan fingerprint density at radius 3 is 2.80 bits per heavy atom.